The highest BCUT2D eigenvalue weighted by atomic mass is 19.1. The van der Waals surface area contributed by atoms with E-state index in [0.717, 1.165) is 50.6 Å². The van der Waals surface area contributed by atoms with Gasteiger partial charge in [0, 0.05) is 62.6 Å². The summed E-state index contributed by atoms with van der Waals surface area (Å²) in [4.78, 5) is 7.47. The molecule has 1 atom stereocenters. The third-order valence-electron chi connectivity index (χ3n) is 6.40. The van der Waals surface area contributed by atoms with Crippen molar-refractivity contribution in [1.82, 2.24) is 9.80 Å². The Morgan fingerprint density at radius 3 is 2.27 bits per heavy atom. The van der Waals surface area contributed by atoms with Gasteiger partial charge in [-0.15, -0.1) is 0 Å². The first-order valence-corrected chi connectivity index (χ1v) is 10.8. The highest BCUT2D eigenvalue weighted by Crippen LogP contribution is 2.24. The average Bonchev–Trinajstić information content (AvgIpc) is 2.81. The van der Waals surface area contributed by atoms with E-state index in [-0.39, 0.29) is 5.82 Å². The summed E-state index contributed by atoms with van der Waals surface area (Å²) in [5, 5.41) is 0. The lowest BCUT2D eigenvalue weighted by Gasteiger charge is -2.44. The number of halogens is 1. The largest absolute Gasteiger partial charge is 0.497 e. The summed E-state index contributed by atoms with van der Waals surface area (Å²) in [7, 11) is 3.27. The van der Waals surface area contributed by atoms with Gasteiger partial charge in [0.25, 0.3) is 0 Å². The van der Waals surface area contributed by atoms with Crippen LogP contribution in [0.1, 0.15) is 18.4 Å². The second kappa shape index (κ2) is 9.67. The maximum absolute atomic E-state index is 14.4. The topological polar surface area (TPSA) is 28.2 Å². The first-order chi connectivity index (χ1) is 14.7. The number of piperidine rings is 1. The summed E-state index contributed by atoms with van der Waals surface area (Å²) in [5.41, 5.74) is 2.01. The van der Waals surface area contributed by atoms with E-state index in [1.807, 2.05) is 24.3 Å². The minimum absolute atomic E-state index is 0.176. The highest BCUT2D eigenvalue weighted by molar-refractivity contribution is 5.49. The predicted octanol–water partition coefficient (Wildman–Crippen LogP) is 3.63. The number of hydrogen-bond donors (Lipinski definition) is 0. The smallest absolute Gasteiger partial charge is 0.131 e. The van der Waals surface area contributed by atoms with Crippen molar-refractivity contribution in [2.75, 3.05) is 58.4 Å². The Hall–Kier alpha value is -2.31. The van der Waals surface area contributed by atoms with Crippen molar-refractivity contribution >= 4 is 5.69 Å². The number of hydrogen-bond acceptors (Lipinski definition) is 5. The molecular weight excluding hydrogens is 381 g/mol. The Labute approximate surface area is 179 Å². The number of anilines is 1. The normalized spacial score (nSPS) is 20.9. The Balaban J connectivity index is 1.30. The van der Waals surface area contributed by atoms with Crippen molar-refractivity contribution in [1.29, 1.82) is 0 Å². The van der Waals surface area contributed by atoms with Gasteiger partial charge in [-0.05, 0) is 49.7 Å². The molecule has 6 heteroatoms. The molecule has 0 amide bonds. The third kappa shape index (κ3) is 4.87. The summed E-state index contributed by atoms with van der Waals surface area (Å²) in [5.74, 6) is 1.29. The minimum Gasteiger partial charge on any atom is -0.497 e. The van der Waals surface area contributed by atoms with Crippen molar-refractivity contribution in [3.63, 3.8) is 0 Å². The fourth-order valence-electron chi connectivity index (χ4n) is 4.64. The number of likely N-dealkylation sites (tertiary alicyclic amines) is 1. The molecule has 0 spiro atoms. The van der Waals surface area contributed by atoms with Crippen molar-refractivity contribution in [2.45, 2.75) is 25.4 Å². The van der Waals surface area contributed by atoms with E-state index in [4.69, 9.17) is 9.47 Å². The number of nitrogens with zero attached hydrogens (tertiary/aromatic N) is 3. The first-order valence-electron chi connectivity index (χ1n) is 10.8. The zero-order valence-corrected chi connectivity index (χ0v) is 18.0. The van der Waals surface area contributed by atoms with Gasteiger partial charge >= 0.3 is 0 Å². The maximum atomic E-state index is 14.4. The van der Waals surface area contributed by atoms with E-state index in [2.05, 4.69) is 26.8 Å². The molecule has 2 aliphatic rings. The molecule has 0 saturated carbocycles. The van der Waals surface area contributed by atoms with Gasteiger partial charge in [-0.2, -0.15) is 0 Å². The molecule has 0 aromatic heterocycles. The van der Waals surface area contributed by atoms with Crippen LogP contribution in [-0.4, -0.2) is 69.3 Å². The molecular formula is C24H32FN3O2. The zero-order chi connectivity index (χ0) is 20.9. The van der Waals surface area contributed by atoms with E-state index < -0.39 is 0 Å². The molecule has 2 heterocycles. The average molecular weight is 414 g/mol. The van der Waals surface area contributed by atoms with E-state index in [1.165, 1.54) is 24.6 Å². The fourth-order valence-corrected chi connectivity index (χ4v) is 4.64. The van der Waals surface area contributed by atoms with Crippen molar-refractivity contribution < 1.29 is 13.9 Å². The van der Waals surface area contributed by atoms with Crippen molar-refractivity contribution in [3.05, 3.63) is 53.8 Å². The standard InChI is InChI=1S/C24H32FN3O2/c1-29-22-9-6-20(7-10-22)27-12-14-28(15-13-27)21-4-3-11-26(18-21)17-19-5-8-23(30-2)16-24(19)25/h5-10,16,21H,3-4,11-15,17-18H2,1-2H3/t21-/m0/s1. The van der Waals surface area contributed by atoms with E-state index in [1.54, 1.807) is 14.2 Å². The number of piperazine rings is 1. The molecule has 2 aliphatic heterocycles. The zero-order valence-electron chi connectivity index (χ0n) is 18.0. The molecule has 0 radical (unpaired) electrons. The van der Waals surface area contributed by atoms with E-state index in [9.17, 15) is 4.39 Å². The molecule has 4 rings (SSSR count). The van der Waals surface area contributed by atoms with Gasteiger partial charge in [-0.25, -0.2) is 4.39 Å². The summed E-state index contributed by atoms with van der Waals surface area (Å²) in [6.07, 6.45) is 2.39. The number of methoxy groups -OCH3 is 2. The Morgan fingerprint density at radius 2 is 1.60 bits per heavy atom. The lowest BCUT2D eigenvalue weighted by Crippen LogP contribution is -2.55. The van der Waals surface area contributed by atoms with Crippen LogP contribution < -0.4 is 14.4 Å². The lowest BCUT2D eigenvalue weighted by atomic mass is 10.0. The molecule has 162 valence electrons. The van der Waals surface area contributed by atoms with Gasteiger partial charge in [0.15, 0.2) is 0 Å². The predicted molar refractivity (Wildman–Crippen MR) is 118 cm³/mol. The van der Waals surface area contributed by atoms with Gasteiger partial charge < -0.3 is 14.4 Å². The lowest BCUT2D eigenvalue weighted by molar-refractivity contribution is 0.0881. The van der Waals surface area contributed by atoms with Gasteiger partial charge in [-0.3, -0.25) is 9.80 Å². The Bertz CT molecular complexity index is 822. The van der Waals surface area contributed by atoms with Gasteiger partial charge in [0.1, 0.15) is 17.3 Å². The molecule has 0 N–H and O–H groups in total. The second-order valence-electron chi connectivity index (χ2n) is 8.21. The molecule has 2 aromatic rings. The second-order valence-corrected chi connectivity index (χ2v) is 8.21. The van der Waals surface area contributed by atoms with E-state index in [0.29, 0.717) is 18.3 Å². The molecule has 0 unspecified atom stereocenters. The van der Waals surface area contributed by atoms with Crippen molar-refractivity contribution in [2.24, 2.45) is 0 Å². The van der Waals surface area contributed by atoms with Crippen LogP contribution >= 0.6 is 0 Å². The number of ether oxygens (including phenoxy) is 2. The van der Waals surface area contributed by atoms with Gasteiger partial charge in [0.2, 0.25) is 0 Å². The van der Waals surface area contributed by atoms with Gasteiger partial charge in [0.05, 0.1) is 14.2 Å². The SMILES string of the molecule is COc1ccc(N2CCN([C@H]3CCCN(Cc4ccc(OC)cc4F)C3)CC2)cc1. The van der Waals surface area contributed by atoms with Crippen molar-refractivity contribution in [3.8, 4) is 11.5 Å². The maximum Gasteiger partial charge on any atom is 0.131 e. The van der Waals surface area contributed by atoms with Crippen LogP contribution in [-0.2, 0) is 6.54 Å². The number of benzene rings is 2. The highest BCUT2D eigenvalue weighted by Gasteiger charge is 2.28. The summed E-state index contributed by atoms with van der Waals surface area (Å²) in [6, 6.07) is 14.1. The van der Waals surface area contributed by atoms with E-state index >= 15 is 0 Å². The number of rotatable bonds is 6. The molecule has 5 nitrogen and oxygen atoms in total. The van der Waals surface area contributed by atoms with Crippen LogP contribution in [0.25, 0.3) is 0 Å². The Kier molecular flexibility index (Phi) is 6.75. The quantitative estimate of drug-likeness (QED) is 0.721. The minimum atomic E-state index is -0.176. The molecule has 2 saturated heterocycles. The first kappa shape index (κ1) is 20.9. The van der Waals surface area contributed by atoms with Crippen LogP contribution in [0.15, 0.2) is 42.5 Å². The summed E-state index contributed by atoms with van der Waals surface area (Å²) in [6.45, 7) is 6.93. The molecule has 2 aromatic carbocycles. The van der Waals surface area contributed by atoms with Crippen LogP contribution in [0.4, 0.5) is 10.1 Å². The van der Waals surface area contributed by atoms with Crippen LogP contribution in [0.3, 0.4) is 0 Å². The molecule has 0 aliphatic carbocycles. The van der Waals surface area contributed by atoms with Crippen LogP contribution in [0.5, 0.6) is 11.5 Å². The van der Waals surface area contributed by atoms with Crippen LogP contribution in [0.2, 0.25) is 0 Å². The molecule has 0 bridgehead atoms. The van der Waals surface area contributed by atoms with Gasteiger partial charge in [-0.1, -0.05) is 6.07 Å². The summed E-state index contributed by atoms with van der Waals surface area (Å²) < 4.78 is 24.7. The fraction of sp³-hybridized carbons (Fsp3) is 0.500. The summed E-state index contributed by atoms with van der Waals surface area (Å²) >= 11 is 0. The molecule has 2 fully saturated rings. The molecule has 30 heavy (non-hydrogen) atoms. The van der Waals surface area contributed by atoms with Crippen LogP contribution in [0, 0.1) is 5.82 Å². The Morgan fingerprint density at radius 1 is 0.900 bits per heavy atom. The third-order valence-corrected chi connectivity index (χ3v) is 6.40. The monoisotopic (exact) mass is 413 g/mol.